The van der Waals surface area contributed by atoms with E-state index in [1.807, 2.05) is 6.07 Å². The van der Waals surface area contributed by atoms with E-state index in [2.05, 4.69) is 36.5 Å². The van der Waals surface area contributed by atoms with Gasteiger partial charge in [-0.15, -0.1) is 0 Å². The Labute approximate surface area is 86.0 Å². The molecule has 0 bridgehead atoms. The third kappa shape index (κ3) is 4.40. The van der Waals surface area contributed by atoms with Crippen molar-refractivity contribution in [2.24, 2.45) is 0 Å². The second kappa shape index (κ2) is 6.57. The fourth-order valence-corrected chi connectivity index (χ4v) is 1.39. The average Bonchev–Trinajstić information content (AvgIpc) is 2.25. The first-order chi connectivity index (χ1) is 6.83. The Morgan fingerprint density at radius 2 is 2.00 bits per heavy atom. The van der Waals surface area contributed by atoms with Gasteiger partial charge in [0.05, 0.1) is 0 Å². The number of rotatable bonds is 6. The third-order valence-corrected chi connectivity index (χ3v) is 2.29. The first kappa shape index (κ1) is 11.2. The van der Waals surface area contributed by atoms with Gasteiger partial charge in [-0.3, -0.25) is 0 Å². The zero-order valence-corrected chi connectivity index (χ0v) is 8.74. The zero-order valence-electron chi connectivity index (χ0n) is 8.74. The highest BCUT2D eigenvalue weighted by Gasteiger charge is 1.99. The molecule has 0 amide bonds. The van der Waals surface area contributed by atoms with Crippen LogP contribution in [-0.4, -0.2) is 17.8 Å². The van der Waals surface area contributed by atoms with Crippen molar-refractivity contribution in [2.45, 2.75) is 32.4 Å². The Balaban J connectivity index is 2.20. The normalized spacial score (nSPS) is 12.7. The van der Waals surface area contributed by atoms with Gasteiger partial charge < -0.3 is 10.4 Å². The molecule has 0 aromatic heterocycles. The summed E-state index contributed by atoms with van der Waals surface area (Å²) in [6.07, 6.45) is 1.91. The van der Waals surface area contributed by atoms with Gasteiger partial charge in [0, 0.05) is 19.2 Å². The molecule has 0 fully saturated rings. The Morgan fingerprint density at radius 3 is 2.64 bits per heavy atom. The van der Waals surface area contributed by atoms with Crippen LogP contribution in [0.25, 0.3) is 0 Å². The van der Waals surface area contributed by atoms with Gasteiger partial charge in [0.1, 0.15) is 0 Å². The monoisotopic (exact) mass is 193 g/mol. The van der Waals surface area contributed by atoms with Gasteiger partial charge in [0.15, 0.2) is 0 Å². The molecule has 2 N–H and O–H groups in total. The molecule has 2 heteroatoms. The van der Waals surface area contributed by atoms with Crippen LogP contribution < -0.4 is 5.32 Å². The van der Waals surface area contributed by atoms with Crippen LogP contribution in [0.1, 0.15) is 25.3 Å². The van der Waals surface area contributed by atoms with E-state index in [4.69, 9.17) is 5.11 Å². The highest BCUT2D eigenvalue weighted by molar-refractivity contribution is 5.14. The summed E-state index contributed by atoms with van der Waals surface area (Å²) in [4.78, 5) is 0. The summed E-state index contributed by atoms with van der Waals surface area (Å²) in [5, 5.41) is 12.1. The summed E-state index contributed by atoms with van der Waals surface area (Å²) in [5.41, 5.74) is 1.31. The molecule has 78 valence electrons. The van der Waals surface area contributed by atoms with Crippen LogP contribution in [0.4, 0.5) is 0 Å². The molecule has 0 aliphatic rings. The molecule has 0 unspecified atom stereocenters. The minimum absolute atomic E-state index is 0.289. The first-order valence-electron chi connectivity index (χ1n) is 5.21. The molecule has 0 saturated heterocycles. The maximum atomic E-state index is 8.67. The van der Waals surface area contributed by atoms with Gasteiger partial charge in [0.25, 0.3) is 0 Å². The molecule has 2 nitrogen and oxygen atoms in total. The van der Waals surface area contributed by atoms with Crippen molar-refractivity contribution in [1.29, 1.82) is 0 Å². The van der Waals surface area contributed by atoms with Crippen molar-refractivity contribution in [2.75, 3.05) is 6.61 Å². The molecule has 1 aromatic carbocycles. The van der Waals surface area contributed by atoms with Crippen molar-refractivity contribution in [3.63, 3.8) is 0 Å². The van der Waals surface area contributed by atoms with E-state index in [1.54, 1.807) is 0 Å². The van der Waals surface area contributed by atoms with Gasteiger partial charge in [-0.1, -0.05) is 30.3 Å². The minimum Gasteiger partial charge on any atom is -0.396 e. The van der Waals surface area contributed by atoms with E-state index in [1.165, 1.54) is 5.56 Å². The lowest BCUT2D eigenvalue weighted by atomic mass is 10.1. The topological polar surface area (TPSA) is 32.3 Å². The predicted octanol–water partition coefficient (Wildman–Crippen LogP) is 1.94. The maximum absolute atomic E-state index is 8.67. The average molecular weight is 193 g/mol. The van der Waals surface area contributed by atoms with E-state index in [0.717, 1.165) is 19.4 Å². The fourth-order valence-electron chi connectivity index (χ4n) is 1.39. The Kier molecular flexibility index (Phi) is 5.27. The molecular formula is C12H19NO. The molecule has 0 spiro atoms. The summed E-state index contributed by atoms with van der Waals surface area (Å²) in [5.74, 6) is 0. The van der Waals surface area contributed by atoms with Crippen molar-refractivity contribution < 1.29 is 5.11 Å². The van der Waals surface area contributed by atoms with E-state index in [-0.39, 0.29) is 6.61 Å². The number of nitrogens with one attached hydrogen (secondary N) is 1. The predicted molar refractivity (Wildman–Crippen MR) is 59.1 cm³/mol. The van der Waals surface area contributed by atoms with Crippen molar-refractivity contribution >= 4 is 0 Å². The first-order valence-corrected chi connectivity index (χ1v) is 5.21. The highest BCUT2D eigenvalue weighted by Crippen LogP contribution is 2.00. The molecule has 14 heavy (non-hydrogen) atoms. The summed E-state index contributed by atoms with van der Waals surface area (Å²) < 4.78 is 0. The Bertz CT molecular complexity index is 235. The Morgan fingerprint density at radius 1 is 1.29 bits per heavy atom. The second-order valence-electron chi connectivity index (χ2n) is 3.63. The van der Waals surface area contributed by atoms with E-state index < -0.39 is 0 Å². The second-order valence-corrected chi connectivity index (χ2v) is 3.63. The fraction of sp³-hybridized carbons (Fsp3) is 0.500. The van der Waals surface area contributed by atoms with Crippen LogP contribution in [0.3, 0.4) is 0 Å². The minimum atomic E-state index is 0.289. The van der Waals surface area contributed by atoms with Crippen LogP contribution in [0.2, 0.25) is 0 Å². The molecular weight excluding hydrogens is 174 g/mol. The maximum Gasteiger partial charge on any atom is 0.0431 e. The van der Waals surface area contributed by atoms with Gasteiger partial charge >= 0.3 is 0 Å². The van der Waals surface area contributed by atoms with E-state index in [9.17, 15) is 0 Å². The largest absolute Gasteiger partial charge is 0.396 e. The number of aliphatic hydroxyl groups is 1. The molecule has 0 saturated carbocycles. The molecule has 1 aromatic rings. The van der Waals surface area contributed by atoms with Crippen molar-refractivity contribution in [3.8, 4) is 0 Å². The van der Waals surface area contributed by atoms with Crippen LogP contribution in [-0.2, 0) is 6.54 Å². The summed E-state index contributed by atoms with van der Waals surface area (Å²) in [6, 6.07) is 10.8. The SMILES string of the molecule is C[C@@H](CCCO)NCc1ccccc1. The number of benzene rings is 1. The molecule has 1 atom stereocenters. The number of hydrogen-bond donors (Lipinski definition) is 2. The molecule has 1 rings (SSSR count). The lowest BCUT2D eigenvalue weighted by Crippen LogP contribution is -2.25. The molecule has 0 aliphatic heterocycles. The number of hydrogen-bond acceptors (Lipinski definition) is 2. The van der Waals surface area contributed by atoms with Crippen LogP contribution >= 0.6 is 0 Å². The van der Waals surface area contributed by atoms with E-state index >= 15 is 0 Å². The van der Waals surface area contributed by atoms with Crippen LogP contribution in [0.5, 0.6) is 0 Å². The smallest absolute Gasteiger partial charge is 0.0431 e. The Hall–Kier alpha value is -0.860. The molecule has 0 aliphatic carbocycles. The van der Waals surface area contributed by atoms with Crippen LogP contribution in [0, 0.1) is 0 Å². The van der Waals surface area contributed by atoms with Gasteiger partial charge in [-0.05, 0) is 25.3 Å². The quantitative estimate of drug-likeness (QED) is 0.723. The summed E-state index contributed by atoms with van der Waals surface area (Å²) in [7, 11) is 0. The summed E-state index contributed by atoms with van der Waals surface area (Å²) >= 11 is 0. The van der Waals surface area contributed by atoms with Crippen molar-refractivity contribution in [3.05, 3.63) is 35.9 Å². The zero-order chi connectivity index (χ0) is 10.2. The van der Waals surface area contributed by atoms with Crippen LogP contribution in [0.15, 0.2) is 30.3 Å². The third-order valence-electron chi connectivity index (χ3n) is 2.29. The van der Waals surface area contributed by atoms with Gasteiger partial charge in [-0.25, -0.2) is 0 Å². The number of aliphatic hydroxyl groups excluding tert-OH is 1. The van der Waals surface area contributed by atoms with E-state index in [0.29, 0.717) is 6.04 Å². The molecule has 0 radical (unpaired) electrons. The lowest BCUT2D eigenvalue weighted by Gasteiger charge is -2.12. The highest BCUT2D eigenvalue weighted by atomic mass is 16.2. The molecule has 0 heterocycles. The summed E-state index contributed by atoms with van der Waals surface area (Å²) in [6.45, 7) is 3.35. The standard InChI is InChI=1S/C12H19NO/c1-11(6-5-9-14)13-10-12-7-3-2-4-8-12/h2-4,7-8,11,13-14H,5-6,9-10H2,1H3/t11-/m0/s1. The van der Waals surface area contributed by atoms with Gasteiger partial charge in [-0.2, -0.15) is 0 Å². The van der Waals surface area contributed by atoms with Crippen molar-refractivity contribution in [1.82, 2.24) is 5.32 Å². The lowest BCUT2D eigenvalue weighted by molar-refractivity contribution is 0.276. The van der Waals surface area contributed by atoms with Gasteiger partial charge in [0.2, 0.25) is 0 Å².